The van der Waals surface area contributed by atoms with Crippen LogP contribution in [0.15, 0.2) is 42.2 Å². The van der Waals surface area contributed by atoms with Gasteiger partial charge in [0.1, 0.15) is 0 Å². The minimum absolute atomic E-state index is 0.0430. The highest BCUT2D eigenvalue weighted by Gasteiger charge is 2.25. The third-order valence-corrected chi connectivity index (χ3v) is 5.85. The largest absolute Gasteiger partial charge is 0.348 e. The summed E-state index contributed by atoms with van der Waals surface area (Å²) in [6.45, 7) is 3.50. The van der Waals surface area contributed by atoms with E-state index in [4.69, 9.17) is 0 Å². The van der Waals surface area contributed by atoms with Crippen LogP contribution in [0, 0.1) is 6.92 Å². The number of rotatable bonds is 5. The minimum atomic E-state index is -0.136. The predicted molar refractivity (Wildman–Crippen MR) is 111 cm³/mol. The zero-order chi connectivity index (χ0) is 20.2. The molecule has 0 unspecified atom stereocenters. The summed E-state index contributed by atoms with van der Waals surface area (Å²) in [6, 6.07) is 3.92. The van der Waals surface area contributed by atoms with E-state index < -0.39 is 0 Å². The first-order valence-electron chi connectivity index (χ1n) is 9.35. The molecule has 1 aliphatic heterocycles. The molecular formula is C21H21N5O2S. The number of pyridine rings is 1. The van der Waals surface area contributed by atoms with E-state index in [1.54, 1.807) is 28.5 Å². The second-order valence-corrected chi connectivity index (χ2v) is 7.84. The molecule has 0 aromatic carbocycles. The topological polar surface area (TPSA) is 91.0 Å². The summed E-state index contributed by atoms with van der Waals surface area (Å²) in [5, 5.41) is 11.5. The Labute approximate surface area is 172 Å². The number of aromatic amines is 1. The Balaban J connectivity index is 1.45. The van der Waals surface area contributed by atoms with E-state index in [-0.39, 0.29) is 11.8 Å². The SMILES string of the molecule is Cc1ncc2c(c1CNC(=O)/C=C/c1cccs1)CCN(C(=O)c1cn[nH]c1)C2. The molecule has 0 atom stereocenters. The van der Waals surface area contributed by atoms with Crippen LogP contribution in [0.2, 0.25) is 0 Å². The molecule has 29 heavy (non-hydrogen) atoms. The van der Waals surface area contributed by atoms with E-state index in [0.717, 1.165) is 28.1 Å². The molecule has 1 aliphatic rings. The van der Waals surface area contributed by atoms with Gasteiger partial charge in [-0.1, -0.05) is 6.07 Å². The van der Waals surface area contributed by atoms with Gasteiger partial charge in [-0.3, -0.25) is 19.7 Å². The molecule has 8 heteroatoms. The first kappa shape index (κ1) is 19.1. The number of nitrogens with zero attached hydrogens (tertiary/aromatic N) is 3. The summed E-state index contributed by atoms with van der Waals surface area (Å²) in [7, 11) is 0. The van der Waals surface area contributed by atoms with Gasteiger partial charge in [-0.2, -0.15) is 5.10 Å². The Morgan fingerprint density at radius 1 is 1.38 bits per heavy atom. The van der Waals surface area contributed by atoms with Crippen LogP contribution in [0.3, 0.4) is 0 Å². The van der Waals surface area contributed by atoms with E-state index in [2.05, 4.69) is 20.5 Å². The molecule has 3 aromatic rings. The lowest BCUT2D eigenvalue weighted by atomic mass is 9.94. The Hall–Kier alpha value is -3.26. The van der Waals surface area contributed by atoms with Crippen molar-refractivity contribution in [3.05, 3.63) is 75.0 Å². The van der Waals surface area contributed by atoms with Gasteiger partial charge in [-0.25, -0.2) is 0 Å². The number of amides is 2. The maximum absolute atomic E-state index is 12.6. The maximum atomic E-state index is 12.6. The van der Waals surface area contributed by atoms with Gasteiger partial charge in [-0.05, 0) is 47.6 Å². The van der Waals surface area contributed by atoms with Crippen LogP contribution >= 0.6 is 11.3 Å². The number of carbonyl (C=O) groups excluding carboxylic acids is 2. The van der Waals surface area contributed by atoms with Gasteiger partial charge in [0.05, 0.1) is 11.8 Å². The number of H-pyrrole nitrogens is 1. The van der Waals surface area contributed by atoms with Crippen molar-refractivity contribution in [3.63, 3.8) is 0 Å². The van der Waals surface area contributed by atoms with Crippen LogP contribution in [0.4, 0.5) is 0 Å². The third kappa shape index (κ3) is 4.27. The highest BCUT2D eigenvalue weighted by Crippen LogP contribution is 2.25. The van der Waals surface area contributed by atoms with Gasteiger partial charge < -0.3 is 10.2 Å². The number of fused-ring (bicyclic) bond motifs is 1. The van der Waals surface area contributed by atoms with E-state index >= 15 is 0 Å². The average Bonchev–Trinajstić information content (AvgIpc) is 3.44. The molecule has 4 heterocycles. The molecule has 7 nitrogen and oxygen atoms in total. The number of nitrogens with one attached hydrogen (secondary N) is 2. The van der Waals surface area contributed by atoms with Crippen molar-refractivity contribution in [1.29, 1.82) is 0 Å². The van der Waals surface area contributed by atoms with Crippen molar-refractivity contribution < 1.29 is 9.59 Å². The molecular weight excluding hydrogens is 386 g/mol. The van der Waals surface area contributed by atoms with Gasteiger partial charge in [-0.15, -0.1) is 11.3 Å². The molecule has 0 radical (unpaired) electrons. The zero-order valence-corrected chi connectivity index (χ0v) is 16.8. The molecule has 0 saturated carbocycles. The van der Waals surface area contributed by atoms with Crippen LogP contribution in [0.5, 0.6) is 0 Å². The van der Waals surface area contributed by atoms with Crippen molar-refractivity contribution in [3.8, 4) is 0 Å². The molecule has 2 N–H and O–H groups in total. The molecule has 148 valence electrons. The average molecular weight is 407 g/mol. The number of hydrogen-bond acceptors (Lipinski definition) is 5. The Morgan fingerprint density at radius 3 is 3.03 bits per heavy atom. The second-order valence-electron chi connectivity index (χ2n) is 6.86. The zero-order valence-electron chi connectivity index (χ0n) is 16.0. The number of aryl methyl sites for hydroxylation is 1. The normalized spacial score (nSPS) is 13.5. The molecule has 0 aliphatic carbocycles. The Bertz CT molecular complexity index is 1040. The highest BCUT2D eigenvalue weighted by atomic mass is 32.1. The summed E-state index contributed by atoms with van der Waals surface area (Å²) < 4.78 is 0. The number of aromatic nitrogens is 3. The smallest absolute Gasteiger partial charge is 0.257 e. The molecule has 0 spiro atoms. The Morgan fingerprint density at radius 2 is 2.28 bits per heavy atom. The standard InChI is InChI=1S/C21H21N5O2S/c1-14-19(12-23-20(27)5-4-17-3-2-8-29-17)18-6-7-26(13-16(18)9-22-14)21(28)15-10-24-25-11-15/h2-5,8-11H,6-7,12-13H2,1H3,(H,23,27)(H,24,25)/b5-4+. The molecule has 0 bridgehead atoms. The van der Waals surface area contributed by atoms with Crippen LogP contribution in [-0.4, -0.2) is 38.4 Å². The van der Waals surface area contributed by atoms with Gasteiger partial charge in [0.2, 0.25) is 5.91 Å². The maximum Gasteiger partial charge on any atom is 0.257 e. The quantitative estimate of drug-likeness (QED) is 0.636. The molecule has 2 amide bonds. The molecule has 0 saturated heterocycles. The van der Waals surface area contributed by atoms with Gasteiger partial charge in [0.25, 0.3) is 5.91 Å². The van der Waals surface area contributed by atoms with E-state index in [1.165, 1.54) is 11.8 Å². The molecule has 0 fully saturated rings. The first-order valence-corrected chi connectivity index (χ1v) is 10.2. The summed E-state index contributed by atoms with van der Waals surface area (Å²) in [4.78, 5) is 32.1. The number of carbonyl (C=O) groups is 2. The van der Waals surface area contributed by atoms with E-state index in [1.807, 2.05) is 36.7 Å². The Kier molecular flexibility index (Phi) is 5.53. The number of hydrogen-bond donors (Lipinski definition) is 2. The lowest BCUT2D eigenvalue weighted by Crippen LogP contribution is -2.37. The predicted octanol–water partition coefficient (Wildman–Crippen LogP) is 2.70. The van der Waals surface area contributed by atoms with Gasteiger partial charge in [0.15, 0.2) is 0 Å². The van der Waals surface area contributed by atoms with Crippen molar-refractivity contribution >= 4 is 29.2 Å². The van der Waals surface area contributed by atoms with Crippen LogP contribution in [-0.2, 0) is 24.3 Å². The van der Waals surface area contributed by atoms with Gasteiger partial charge in [0, 0.05) is 48.7 Å². The van der Waals surface area contributed by atoms with Crippen molar-refractivity contribution in [2.24, 2.45) is 0 Å². The van der Waals surface area contributed by atoms with Crippen LogP contribution < -0.4 is 5.32 Å². The van der Waals surface area contributed by atoms with Gasteiger partial charge >= 0.3 is 0 Å². The van der Waals surface area contributed by atoms with E-state index in [0.29, 0.717) is 25.2 Å². The fourth-order valence-corrected chi connectivity index (χ4v) is 4.08. The monoisotopic (exact) mass is 407 g/mol. The summed E-state index contributed by atoms with van der Waals surface area (Å²) >= 11 is 1.59. The number of thiophene rings is 1. The fraction of sp³-hybridized carbons (Fsp3) is 0.238. The second kappa shape index (κ2) is 8.40. The molecule has 3 aromatic heterocycles. The fourth-order valence-electron chi connectivity index (χ4n) is 3.46. The summed E-state index contributed by atoms with van der Waals surface area (Å²) in [5.41, 5.74) is 4.70. The minimum Gasteiger partial charge on any atom is -0.348 e. The third-order valence-electron chi connectivity index (χ3n) is 5.01. The van der Waals surface area contributed by atoms with Crippen LogP contribution in [0.1, 0.15) is 37.6 Å². The highest BCUT2D eigenvalue weighted by molar-refractivity contribution is 7.10. The van der Waals surface area contributed by atoms with Crippen LogP contribution in [0.25, 0.3) is 6.08 Å². The lowest BCUT2D eigenvalue weighted by Gasteiger charge is -2.30. The van der Waals surface area contributed by atoms with Crippen molar-refractivity contribution in [1.82, 2.24) is 25.4 Å². The van der Waals surface area contributed by atoms with E-state index in [9.17, 15) is 9.59 Å². The summed E-state index contributed by atoms with van der Waals surface area (Å²) in [5.74, 6) is -0.179. The first-order chi connectivity index (χ1) is 14.1. The summed E-state index contributed by atoms with van der Waals surface area (Å²) in [6.07, 6.45) is 9.08. The molecule has 4 rings (SSSR count). The lowest BCUT2D eigenvalue weighted by molar-refractivity contribution is -0.116. The van der Waals surface area contributed by atoms with Crippen molar-refractivity contribution in [2.75, 3.05) is 6.54 Å². The van der Waals surface area contributed by atoms with Crippen molar-refractivity contribution in [2.45, 2.75) is 26.4 Å².